The van der Waals surface area contributed by atoms with Crippen molar-refractivity contribution in [1.29, 1.82) is 0 Å². The number of methoxy groups -OCH3 is 1. The number of aromatic nitrogens is 1. The third-order valence-electron chi connectivity index (χ3n) is 4.61. The zero-order valence-corrected chi connectivity index (χ0v) is 18.5. The first-order chi connectivity index (χ1) is 14.6. The Labute approximate surface area is 184 Å². The number of nitrogens with one attached hydrogen (secondary N) is 1. The van der Waals surface area contributed by atoms with Crippen LogP contribution in [0.5, 0.6) is 0 Å². The van der Waals surface area contributed by atoms with E-state index in [1.807, 2.05) is 48.5 Å². The normalized spacial score (nSPS) is 11.0. The van der Waals surface area contributed by atoms with E-state index < -0.39 is 0 Å². The highest BCUT2D eigenvalue weighted by Crippen LogP contribution is 2.31. The molecule has 0 bridgehead atoms. The molecule has 6 heteroatoms. The molecule has 4 nitrogen and oxygen atoms in total. The van der Waals surface area contributed by atoms with E-state index in [1.54, 1.807) is 30.2 Å². The maximum atomic E-state index is 12.8. The fourth-order valence-electron chi connectivity index (χ4n) is 3.06. The number of fused-ring (bicyclic) bond motifs is 1. The standard InChI is InChI=1S/C24H22N2O2S2/c1-16-7-12-20-22(15-16)30-24(26-20)17-8-10-18(11-9-17)25-23(27)19-5-3-4-6-21(19)29-14-13-28-2/h3-12,15H,13-14H2,1-2H3,(H,25,27). The van der Waals surface area contributed by atoms with Crippen LogP contribution in [0.3, 0.4) is 0 Å². The van der Waals surface area contributed by atoms with Crippen molar-refractivity contribution >= 4 is 44.9 Å². The fraction of sp³-hybridized carbons (Fsp3) is 0.167. The third-order valence-corrected chi connectivity index (χ3v) is 6.72. The summed E-state index contributed by atoms with van der Waals surface area (Å²) in [6.45, 7) is 2.73. The molecule has 0 radical (unpaired) electrons. The van der Waals surface area contributed by atoms with Crippen molar-refractivity contribution in [2.45, 2.75) is 11.8 Å². The summed E-state index contributed by atoms with van der Waals surface area (Å²) in [5.41, 5.74) is 4.72. The van der Waals surface area contributed by atoms with Gasteiger partial charge in [0.05, 0.1) is 22.4 Å². The van der Waals surface area contributed by atoms with Crippen LogP contribution in [0.25, 0.3) is 20.8 Å². The second-order valence-corrected chi connectivity index (χ2v) is 9.03. The first-order valence-corrected chi connectivity index (χ1v) is 11.4. The van der Waals surface area contributed by atoms with Crippen molar-refractivity contribution in [1.82, 2.24) is 4.98 Å². The molecule has 3 aromatic carbocycles. The number of thioether (sulfide) groups is 1. The molecule has 0 spiro atoms. The van der Waals surface area contributed by atoms with Gasteiger partial charge in [-0.2, -0.15) is 0 Å². The monoisotopic (exact) mass is 434 g/mol. The maximum absolute atomic E-state index is 12.8. The Morgan fingerprint density at radius 3 is 2.70 bits per heavy atom. The number of ether oxygens (including phenoxy) is 1. The average molecular weight is 435 g/mol. The average Bonchev–Trinajstić information content (AvgIpc) is 3.18. The Bertz CT molecular complexity index is 1170. The molecule has 0 atom stereocenters. The number of benzene rings is 3. The van der Waals surface area contributed by atoms with E-state index in [-0.39, 0.29) is 5.91 Å². The molecule has 0 saturated heterocycles. The van der Waals surface area contributed by atoms with Crippen LogP contribution < -0.4 is 5.32 Å². The van der Waals surface area contributed by atoms with Crippen LogP contribution in [0.4, 0.5) is 5.69 Å². The lowest BCUT2D eigenvalue weighted by molar-refractivity contribution is 0.102. The van der Waals surface area contributed by atoms with Crippen LogP contribution in [-0.4, -0.2) is 30.4 Å². The van der Waals surface area contributed by atoms with Gasteiger partial charge in [-0.25, -0.2) is 4.98 Å². The summed E-state index contributed by atoms with van der Waals surface area (Å²) >= 11 is 3.30. The minimum Gasteiger partial charge on any atom is -0.384 e. The first-order valence-electron chi connectivity index (χ1n) is 9.64. The van der Waals surface area contributed by atoms with Crippen LogP contribution in [0.2, 0.25) is 0 Å². The van der Waals surface area contributed by atoms with Crippen molar-refractivity contribution in [3.63, 3.8) is 0 Å². The largest absolute Gasteiger partial charge is 0.384 e. The third kappa shape index (κ3) is 4.73. The summed E-state index contributed by atoms with van der Waals surface area (Å²) in [6, 6.07) is 21.8. The number of amides is 1. The summed E-state index contributed by atoms with van der Waals surface area (Å²) in [5.74, 6) is 0.690. The molecule has 4 aromatic rings. The molecule has 0 unspecified atom stereocenters. The van der Waals surface area contributed by atoms with Crippen molar-refractivity contribution in [2.75, 3.05) is 24.8 Å². The van der Waals surface area contributed by atoms with Crippen LogP contribution in [0, 0.1) is 6.92 Å². The molecule has 152 valence electrons. The quantitative estimate of drug-likeness (QED) is 0.275. The van der Waals surface area contributed by atoms with Gasteiger partial charge < -0.3 is 10.1 Å². The molecule has 1 amide bonds. The molecule has 30 heavy (non-hydrogen) atoms. The SMILES string of the molecule is COCCSc1ccccc1C(=O)Nc1ccc(-c2nc3ccc(C)cc3s2)cc1. The molecular weight excluding hydrogens is 412 g/mol. The van der Waals surface area contributed by atoms with Crippen LogP contribution in [0.1, 0.15) is 15.9 Å². The van der Waals surface area contributed by atoms with Crippen molar-refractivity contribution < 1.29 is 9.53 Å². The Kier molecular flexibility index (Phi) is 6.47. The number of hydrogen-bond donors (Lipinski definition) is 1. The van der Waals surface area contributed by atoms with Gasteiger partial charge in [-0.05, 0) is 61.0 Å². The second kappa shape index (κ2) is 9.43. The van der Waals surface area contributed by atoms with Gasteiger partial charge in [-0.15, -0.1) is 23.1 Å². The van der Waals surface area contributed by atoms with E-state index in [2.05, 4.69) is 30.4 Å². The molecular formula is C24H22N2O2S2. The molecule has 1 N–H and O–H groups in total. The van der Waals surface area contributed by atoms with E-state index in [1.165, 1.54) is 10.3 Å². The Morgan fingerprint density at radius 1 is 1.10 bits per heavy atom. The molecule has 0 aliphatic heterocycles. The number of carbonyl (C=O) groups excluding carboxylic acids is 1. The molecule has 4 rings (SSSR count). The van der Waals surface area contributed by atoms with Gasteiger partial charge in [0.15, 0.2) is 0 Å². The van der Waals surface area contributed by atoms with Crippen LogP contribution >= 0.6 is 23.1 Å². The van der Waals surface area contributed by atoms with Crippen LogP contribution in [-0.2, 0) is 4.74 Å². The first kappa shape index (κ1) is 20.6. The van der Waals surface area contributed by atoms with E-state index in [0.717, 1.165) is 32.4 Å². The predicted molar refractivity (Wildman–Crippen MR) is 127 cm³/mol. The topological polar surface area (TPSA) is 51.2 Å². The number of thiazole rings is 1. The van der Waals surface area contributed by atoms with Crippen molar-refractivity contribution in [2.24, 2.45) is 0 Å². The zero-order valence-electron chi connectivity index (χ0n) is 16.8. The number of anilines is 1. The highest BCUT2D eigenvalue weighted by molar-refractivity contribution is 7.99. The van der Waals surface area contributed by atoms with Gasteiger partial charge in [-0.3, -0.25) is 4.79 Å². The molecule has 1 aromatic heterocycles. The maximum Gasteiger partial charge on any atom is 0.256 e. The summed E-state index contributed by atoms with van der Waals surface area (Å²) in [5, 5.41) is 3.98. The minimum atomic E-state index is -0.112. The lowest BCUT2D eigenvalue weighted by Crippen LogP contribution is -2.13. The zero-order chi connectivity index (χ0) is 20.9. The number of carbonyl (C=O) groups is 1. The highest BCUT2D eigenvalue weighted by atomic mass is 32.2. The van der Waals surface area contributed by atoms with E-state index >= 15 is 0 Å². The van der Waals surface area contributed by atoms with Crippen molar-refractivity contribution in [3.8, 4) is 10.6 Å². The molecule has 0 aliphatic rings. The molecule has 1 heterocycles. The van der Waals surface area contributed by atoms with Gasteiger partial charge in [-0.1, -0.05) is 18.2 Å². The van der Waals surface area contributed by atoms with Gasteiger partial charge >= 0.3 is 0 Å². The van der Waals surface area contributed by atoms with E-state index in [9.17, 15) is 4.79 Å². The summed E-state index contributed by atoms with van der Waals surface area (Å²) in [6.07, 6.45) is 0. The number of rotatable bonds is 7. The Balaban J connectivity index is 1.49. The molecule has 0 fully saturated rings. The smallest absolute Gasteiger partial charge is 0.256 e. The van der Waals surface area contributed by atoms with Gasteiger partial charge in [0.25, 0.3) is 5.91 Å². The highest BCUT2D eigenvalue weighted by Gasteiger charge is 2.12. The van der Waals surface area contributed by atoms with E-state index in [4.69, 9.17) is 9.72 Å². The summed E-state index contributed by atoms with van der Waals surface area (Å²) in [4.78, 5) is 18.5. The summed E-state index contributed by atoms with van der Waals surface area (Å²) < 4.78 is 6.29. The van der Waals surface area contributed by atoms with Gasteiger partial charge in [0, 0.05) is 29.0 Å². The van der Waals surface area contributed by atoms with Gasteiger partial charge in [0.1, 0.15) is 5.01 Å². The summed E-state index contributed by atoms with van der Waals surface area (Å²) in [7, 11) is 1.68. The van der Waals surface area contributed by atoms with Crippen molar-refractivity contribution in [3.05, 3.63) is 77.9 Å². The minimum absolute atomic E-state index is 0.112. The van der Waals surface area contributed by atoms with Crippen LogP contribution in [0.15, 0.2) is 71.6 Å². The second-order valence-electron chi connectivity index (χ2n) is 6.86. The lowest BCUT2D eigenvalue weighted by Gasteiger charge is -2.10. The molecule has 0 saturated carbocycles. The lowest BCUT2D eigenvalue weighted by atomic mass is 10.2. The van der Waals surface area contributed by atoms with E-state index in [0.29, 0.717) is 12.2 Å². The fourth-order valence-corrected chi connectivity index (χ4v) is 5.10. The van der Waals surface area contributed by atoms with Gasteiger partial charge in [0.2, 0.25) is 0 Å². The Hall–Kier alpha value is -2.67. The predicted octanol–water partition coefficient (Wildman–Crippen LogP) is 6.26. The number of nitrogens with zero attached hydrogens (tertiary/aromatic N) is 1. The number of hydrogen-bond acceptors (Lipinski definition) is 5. The Morgan fingerprint density at radius 2 is 1.90 bits per heavy atom. The number of aryl methyl sites for hydroxylation is 1. The molecule has 0 aliphatic carbocycles.